The lowest BCUT2D eigenvalue weighted by Crippen LogP contribution is -2.02. The van der Waals surface area contributed by atoms with Crippen molar-refractivity contribution >= 4 is 17.5 Å². The van der Waals surface area contributed by atoms with Gasteiger partial charge in [0.1, 0.15) is 5.69 Å². The van der Waals surface area contributed by atoms with E-state index in [9.17, 15) is 4.79 Å². The molecule has 3 rings (SSSR count). The van der Waals surface area contributed by atoms with Gasteiger partial charge in [0, 0.05) is 34.1 Å². The second kappa shape index (κ2) is 5.81. The fourth-order valence-corrected chi connectivity index (χ4v) is 2.40. The van der Waals surface area contributed by atoms with Crippen molar-refractivity contribution in [2.45, 2.75) is 0 Å². The van der Waals surface area contributed by atoms with Gasteiger partial charge in [0.2, 0.25) is 0 Å². The molecular weight excluding hydrogens is 302 g/mol. The number of benzene rings is 1. The molecule has 0 aliphatic rings. The highest BCUT2D eigenvalue weighted by Gasteiger charge is 2.18. The molecule has 6 nitrogen and oxygen atoms in total. The number of aromatic nitrogens is 2. The highest BCUT2D eigenvalue weighted by Crippen LogP contribution is 2.31. The lowest BCUT2D eigenvalue weighted by molar-refractivity contribution is 0.0996. The summed E-state index contributed by atoms with van der Waals surface area (Å²) in [4.78, 5) is 17.4. The first-order valence-electron chi connectivity index (χ1n) is 6.41. The average molecular weight is 312 g/mol. The van der Waals surface area contributed by atoms with E-state index in [1.54, 1.807) is 22.9 Å². The van der Waals surface area contributed by atoms with Crippen LogP contribution in [0.15, 0.2) is 60.1 Å². The molecule has 0 aliphatic carbocycles. The van der Waals surface area contributed by atoms with Crippen molar-refractivity contribution < 1.29 is 4.79 Å². The molecule has 22 heavy (non-hydrogen) atoms. The third-order valence-electron chi connectivity index (χ3n) is 3.22. The van der Waals surface area contributed by atoms with Gasteiger partial charge in [0.15, 0.2) is 0 Å². The van der Waals surface area contributed by atoms with Gasteiger partial charge in [-0.25, -0.2) is 0 Å². The number of nitrogens with one attached hydrogen (secondary N) is 1. The van der Waals surface area contributed by atoms with Crippen molar-refractivity contribution in [3.05, 3.63) is 76.1 Å². The molecule has 0 atom stereocenters. The molecule has 0 saturated heterocycles. The molecule has 3 aromatic rings. The summed E-state index contributed by atoms with van der Waals surface area (Å²) < 4.78 is 1.79. The van der Waals surface area contributed by atoms with Gasteiger partial charge in [-0.15, -0.1) is 0 Å². The molecule has 0 saturated carbocycles. The molecule has 7 heteroatoms. The van der Waals surface area contributed by atoms with Crippen molar-refractivity contribution in [3.63, 3.8) is 0 Å². The molecule has 1 N–H and O–H groups in total. The average Bonchev–Trinajstić information content (AvgIpc) is 3.17. The van der Waals surface area contributed by atoms with E-state index in [-0.39, 0.29) is 5.69 Å². The summed E-state index contributed by atoms with van der Waals surface area (Å²) in [7, 11) is 0. The maximum absolute atomic E-state index is 12.0. The Morgan fingerprint density at radius 1 is 1.23 bits per heavy atom. The predicted molar refractivity (Wildman–Crippen MR) is 84.0 cm³/mol. The van der Waals surface area contributed by atoms with E-state index in [1.165, 1.54) is 0 Å². The molecule has 0 unspecified atom stereocenters. The number of nitrogens with zero attached hydrogens (tertiary/aromatic N) is 4. The fourth-order valence-electron chi connectivity index (χ4n) is 2.27. The lowest BCUT2D eigenvalue weighted by atomic mass is 10.1. The summed E-state index contributed by atoms with van der Waals surface area (Å²) in [6.45, 7) is 0. The highest BCUT2D eigenvalue weighted by atomic mass is 35.5. The molecule has 0 bridgehead atoms. The standard InChI is InChI=1S/C15H10ClN5O/c16-11-5-3-10(4-6-11)12-9-18-13(15(22)19-20-17)14(12)21-7-1-2-8-21/h1-9,18H. The Morgan fingerprint density at radius 2 is 1.91 bits per heavy atom. The van der Waals surface area contributed by atoms with Gasteiger partial charge in [-0.2, -0.15) is 0 Å². The number of carbonyl (C=O) groups is 1. The van der Waals surface area contributed by atoms with Gasteiger partial charge in [0.05, 0.1) is 5.69 Å². The van der Waals surface area contributed by atoms with E-state index in [2.05, 4.69) is 15.0 Å². The number of aromatic amines is 1. The zero-order valence-electron chi connectivity index (χ0n) is 11.3. The number of azide groups is 1. The quantitative estimate of drug-likeness (QED) is 0.428. The number of H-pyrrole nitrogens is 1. The largest absolute Gasteiger partial charge is 0.356 e. The third-order valence-corrected chi connectivity index (χ3v) is 3.47. The van der Waals surface area contributed by atoms with Crippen LogP contribution in [0.5, 0.6) is 0 Å². The van der Waals surface area contributed by atoms with E-state index < -0.39 is 5.91 Å². The van der Waals surface area contributed by atoms with Gasteiger partial charge in [-0.05, 0) is 40.5 Å². The minimum atomic E-state index is -0.661. The number of hydrogen-bond donors (Lipinski definition) is 1. The first-order valence-corrected chi connectivity index (χ1v) is 6.78. The van der Waals surface area contributed by atoms with E-state index in [0.29, 0.717) is 10.7 Å². The Hall–Kier alpha value is -2.95. The Balaban J connectivity index is 2.21. The summed E-state index contributed by atoms with van der Waals surface area (Å²) in [5, 5.41) is 3.79. The number of rotatable bonds is 3. The van der Waals surface area contributed by atoms with E-state index in [4.69, 9.17) is 17.1 Å². The lowest BCUT2D eigenvalue weighted by Gasteiger charge is -2.08. The summed E-state index contributed by atoms with van der Waals surface area (Å²) in [5.41, 5.74) is 11.0. The van der Waals surface area contributed by atoms with Crippen LogP contribution in [0, 0.1) is 0 Å². The number of carbonyl (C=O) groups excluding carboxylic acids is 1. The van der Waals surface area contributed by atoms with Gasteiger partial charge in [0.25, 0.3) is 5.91 Å². The minimum Gasteiger partial charge on any atom is -0.356 e. The summed E-state index contributed by atoms with van der Waals surface area (Å²) >= 11 is 5.91. The second-order valence-electron chi connectivity index (χ2n) is 4.52. The summed E-state index contributed by atoms with van der Waals surface area (Å²) in [6.07, 6.45) is 5.34. The molecule has 2 aromatic heterocycles. The third kappa shape index (κ3) is 2.48. The van der Waals surface area contributed by atoms with Crippen LogP contribution in [0.2, 0.25) is 5.02 Å². The SMILES string of the molecule is [N-]=[N+]=NC(=O)c1[nH]cc(-c2ccc(Cl)cc2)c1-n1cccc1. The first-order chi connectivity index (χ1) is 10.7. The maximum atomic E-state index is 12.0. The Kier molecular flexibility index (Phi) is 3.70. The zero-order valence-corrected chi connectivity index (χ0v) is 12.0. The van der Waals surface area contributed by atoms with Crippen molar-refractivity contribution in [1.82, 2.24) is 9.55 Å². The van der Waals surface area contributed by atoms with Gasteiger partial charge in [-0.3, -0.25) is 4.79 Å². The second-order valence-corrected chi connectivity index (χ2v) is 4.95. The topological polar surface area (TPSA) is 86.6 Å². The van der Waals surface area contributed by atoms with Crippen LogP contribution in [0.4, 0.5) is 0 Å². The molecule has 0 radical (unpaired) electrons. The van der Waals surface area contributed by atoms with Crippen LogP contribution in [0.1, 0.15) is 10.5 Å². The van der Waals surface area contributed by atoms with Crippen molar-refractivity contribution in [3.8, 4) is 16.8 Å². The van der Waals surface area contributed by atoms with E-state index in [1.807, 2.05) is 36.7 Å². The van der Waals surface area contributed by atoms with Crippen LogP contribution in [-0.4, -0.2) is 15.5 Å². The van der Waals surface area contributed by atoms with Gasteiger partial charge in [-0.1, -0.05) is 23.7 Å². The van der Waals surface area contributed by atoms with Gasteiger partial charge >= 0.3 is 0 Å². The smallest absolute Gasteiger partial charge is 0.267 e. The summed E-state index contributed by atoms with van der Waals surface area (Å²) in [5.74, 6) is -0.661. The molecule has 0 spiro atoms. The Bertz CT molecular complexity index is 858. The zero-order chi connectivity index (χ0) is 15.5. The van der Waals surface area contributed by atoms with E-state index >= 15 is 0 Å². The molecular formula is C15H10ClN5O. The van der Waals surface area contributed by atoms with Crippen LogP contribution >= 0.6 is 11.6 Å². The Labute approximate surface area is 130 Å². The normalized spacial score (nSPS) is 10.2. The Morgan fingerprint density at radius 3 is 2.55 bits per heavy atom. The van der Waals surface area contributed by atoms with Gasteiger partial charge < -0.3 is 9.55 Å². The van der Waals surface area contributed by atoms with Crippen LogP contribution < -0.4 is 0 Å². The first kappa shape index (κ1) is 14.0. The van der Waals surface area contributed by atoms with Crippen molar-refractivity contribution in [2.24, 2.45) is 5.11 Å². The van der Waals surface area contributed by atoms with Crippen LogP contribution in [0.3, 0.4) is 0 Å². The molecule has 0 aliphatic heterocycles. The molecule has 0 fully saturated rings. The molecule has 108 valence electrons. The van der Waals surface area contributed by atoms with Crippen molar-refractivity contribution in [2.75, 3.05) is 0 Å². The molecule has 2 heterocycles. The van der Waals surface area contributed by atoms with Crippen molar-refractivity contribution in [1.29, 1.82) is 0 Å². The number of amides is 1. The number of hydrogen-bond acceptors (Lipinski definition) is 1. The minimum absolute atomic E-state index is 0.235. The number of halogens is 1. The fraction of sp³-hybridized carbons (Fsp3) is 0. The molecule has 1 amide bonds. The van der Waals surface area contributed by atoms with Crippen LogP contribution in [-0.2, 0) is 0 Å². The highest BCUT2D eigenvalue weighted by molar-refractivity contribution is 6.30. The predicted octanol–water partition coefficient (Wildman–Crippen LogP) is 4.58. The maximum Gasteiger partial charge on any atom is 0.267 e. The van der Waals surface area contributed by atoms with Crippen LogP contribution in [0.25, 0.3) is 27.3 Å². The summed E-state index contributed by atoms with van der Waals surface area (Å²) in [6, 6.07) is 11.0. The molecule has 1 aromatic carbocycles. The van der Waals surface area contributed by atoms with E-state index in [0.717, 1.165) is 11.1 Å². The monoisotopic (exact) mass is 311 g/mol.